The van der Waals surface area contributed by atoms with Crippen molar-refractivity contribution >= 4 is 27.9 Å². The number of nitrogens with one attached hydrogen (secondary N) is 2. The van der Waals surface area contributed by atoms with Crippen molar-refractivity contribution in [1.82, 2.24) is 5.32 Å². The zero-order valence-electron chi connectivity index (χ0n) is 10.3. The summed E-state index contributed by atoms with van der Waals surface area (Å²) in [6, 6.07) is 1.85. The van der Waals surface area contributed by atoms with E-state index in [0.717, 1.165) is 11.5 Å². The summed E-state index contributed by atoms with van der Waals surface area (Å²) in [5, 5.41) is 7.11. The standard InChI is InChI=1S/C12H19N3OS/c1-3-14-11(16)10-8(13)6-9(17-10)15-7-12(2)4-5-12/h6,15H,3-5,7,13H2,1-2H3,(H,14,16). The van der Waals surface area contributed by atoms with Gasteiger partial charge in [-0.1, -0.05) is 6.92 Å². The van der Waals surface area contributed by atoms with Crippen LogP contribution in [0, 0.1) is 5.41 Å². The molecule has 4 nitrogen and oxygen atoms in total. The summed E-state index contributed by atoms with van der Waals surface area (Å²) in [6.07, 6.45) is 2.56. The fourth-order valence-electron chi connectivity index (χ4n) is 1.60. The summed E-state index contributed by atoms with van der Waals surface area (Å²) < 4.78 is 0. The maximum Gasteiger partial charge on any atom is 0.263 e. The second-order valence-corrected chi connectivity index (χ2v) is 5.97. The molecular weight excluding hydrogens is 234 g/mol. The van der Waals surface area contributed by atoms with Crippen LogP contribution < -0.4 is 16.4 Å². The van der Waals surface area contributed by atoms with E-state index >= 15 is 0 Å². The molecule has 5 heteroatoms. The normalized spacial score (nSPS) is 16.6. The molecule has 17 heavy (non-hydrogen) atoms. The van der Waals surface area contributed by atoms with E-state index in [4.69, 9.17) is 5.73 Å². The van der Waals surface area contributed by atoms with E-state index in [0.29, 0.717) is 22.5 Å². The predicted molar refractivity (Wildman–Crippen MR) is 72.6 cm³/mol. The van der Waals surface area contributed by atoms with Gasteiger partial charge in [0.05, 0.1) is 10.7 Å². The van der Waals surface area contributed by atoms with Crippen molar-refractivity contribution in [3.05, 3.63) is 10.9 Å². The Bertz CT molecular complexity index is 423. The molecule has 2 rings (SSSR count). The molecule has 0 atom stereocenters. The summed E-state index contributed by atoms with van der Waals surface area (Å²) in [4.78, 5) is 12.3. The Labute approximate surface area is 106 Å². The third-order valence-corrected chi connectivity index (χ3v) is 4.20. The van der Waals surface area contributed by atoms with Gasteiger partial charge in [0.15, 0.2) is 0 Å². The number of nitrogens with two attached hydrogens (primary N) is 1. The molecule has 0 bridgehead atoms. The fourth-order valence-corrected chi connectivity index (χ4v) is 2.49. The van der Waals surface area contributed by atoms with Crippen LogP contribution in [0.2, 0.25) is 0 Å². The summed E-state index contributed by atoms with van der Waals surface area (Å²) in [5.41, 5.74) is 6.85. The number of carbonyl (C=O) groups excluding carboxylic acids is 1. The molecule has 0 unspecified atom stereocenters. The van der Waals surface area contributed by atoms with Crippen molar-refractivity contribution in [3.8, 4) is 0 Å². The van der Waals surface area contributed by atoms with Crippen molar-refractivity contribution in [1.29, 1.82) is 0 Å². The summed E-state index contributed by atoms with van der Waals surface area (Å²) in [5.74, 6) is -0.0827. The van der Waals surface area contributed by atoms with Gasteiger partial charge in [-0.3, -0.25) is 4.79 Å². The lowest BCUT2D eigenvalue weighted by atomic mass is 10.1. The van der Waals surface area contributed by atoms with Crippen LogP contribution in [0.1, 0.15) is 36.4 Å². The quantitative estimate of drug-likeness (QED) is 0.754. The number of hydrogen-bond donors (Lipinski definition) is 3. The van der Waals surface area contributed by atoms with Gasteiger partial charge in [-0.05, 0) is 31.2 Å². The molecule has 4 N–H and O–H groups in total. The topological polar surface area (TPSA) is 67.2 Å². The van der Waals surface area contributed by atoms with E-state index in [-0.39, 0.29) is 5.91 Å². The molecule has 0 aliphatic heterocycles. The molecule has 1 aliphatic rings. The largest absolute Gasteiger partial charge is 0.397 e. The minimum absolute atomic E-state index is 0.0827. The summed E-state index contributed by atoms with van der Waals surface area (Å²) in [7, 11) is 0. The van der Waals surface area contributed by atoms with Crippen molar-refractivity contribution in [3.63, 3.8) is 0 Å². The van der Waals surface area contributed by atoms with Crippen molar-refractivity contribution < 1.29 is 4.79 Å². The molecule has 1 aromatic rings. The Balaban J connectivity index is 1.99. The second-order valence-electron chi connectivity index (χ2n) is 4.92. The Morgan fingerprint density at radius 3 is 2.88 bits per heavy atom. The molecule has 1 heterocycles. The Kier molecular flexibility index (Phi) is 3.28. The first-order chi connectivity index (χ1) is 8.04. The predicted octanol–water partition coefficient (Wildman–Crippen LogP) is 2.29. The minimum atomic E-state index is -0.0827. The van der Waals surface area contributed by atoms with E-state index in [2.05, 4.69) is 17.6 Å². The number of carbonyl (C=O) groups is 1. The zero-order valence-corrected chi connectivity index (χ0v) is 11.1. The van der Waals surface area contributed by atoms with Gasteiger partial charge in [-0.2, -0.15) is 0 Å². The van der Waals surface area contributed by atoms with Gasteiger partial charge >= 0.3 is 0 Å². The Morgan fingerprint density at radius 2 is 2.29 bits per heavy atom. The van der Waals surface area contributed by atoms with Gasteiger partial charge in [0.1, 0.15) is 4.88 Å². The highest BCUT2D eigenvalue weighted by Gasteiger charge is 2.36. The fraction of sp³-hybridized carbons (Fsp3) is 0.583. The third-order valence-electron chi connectivity index (χ3n) is 3.10. The van der Waals surface area contributed by atoms with Crippen molar-refractivity contribution in [2.24, 2.45) is 5.41 Å². The average molecular weight is 253 g/mol. The molecule has 0 radical (unpaired) electrons. The lowest BCUT2D eigenvalue weighted by Gasteiger charge is -2.08. The number of nitrogen functional groups attached to an aromatic ring is 1. The first-order valence-electron chi connectivity index (χ1n) is 5.95. The Hall–Kier alpha value is -1.23. The molecule has 0 saturated heterocycles. The second kappa shape index (κ2) is 4.56. The first-order valence-corrected chi connectivity index (χ1v) is 6.77. The van der Waals surface area contributed by atoms with Gasteiger partial charge in [0, 0.05) is 13.1 Å². The van der Waals surface area contributed by atoms with Crippen LogP contribution in [-0.4, -0.2) is 19.0 Å². The molecule has 1 amide bonds. The van der Waals surface area contributed by atoms with Crippen LogP contribution in [0.25, 0.3) is 0 Å². The first kappa shape index (κ1) is 12.2. The summed E-state index contributed by atoms with van der Waals surface area (Å²) in [6.45, 7) is 5.75. The highest BCUT2D eigenvalue weighted by atomic mass is 32.1. The van der Waals surface area contributed by atoms with Gasteiger partial charge in [-0.15, -0.1) is 11.3 Å². The van der Waals surface area contributed by atoms with E-state index in [1.165, 1.54) is 24.2 Å². The molecular formula is C12H19N3OS. The molecule has 1 fully saturated rings. The van der Waals surface area contributed by atoms with Crippen LogP contribution in [-0.2, 0) is 0 Å². The van der Waals surface area contributed by atoms with E-state index in [1.54, 1.807) is 0 Å². The van der Waals surface area contributed by atoms with E-state index in [1.807, 2.05) is 13.0 Å². The van der Waals surface area contributed by atoms with E-state index in [9.17, 15) is 4.79 Å². The third kappa shape index (κ3) is 2.91. The smallest absolute Gasteiger partial charge is 0.263 e. The molecule has 0 aromatic carbocycles. The highest BCUT2D eigenvalue weighted by Crippen LogP contribution is 2.45. The van der Waals surface area contributed by atoms with E-state index < -0.39 is 0 Å². The zero-order chi connectivity index (χ0) is 12.5. The van der Waals surface area contributed by atoms with Crippen molar-refractivity contribution in [2.45, 2.75) is 26.7 Å². The van der Waals surface area contributed by atoms with Gasteiger partial charge < -0.3 is 16.4 Å². The number of rotatable bonds is 5. The molecule has 1 saturated carbocycles. The van der Waals surface area contributed by atoms with Crippen LogP contribution in [0.15, 0.2) is 6.07 Å². The van der Waals surface area contributed by atoms with Crippen LogP contribution in [0.5, 0.6) is 0 Å². The van der Waals surface area contributed by atoms with Gasteiger partial charge in [0.2, 0.25) is 0 Å². The molecule has 94 valence electrons. The Morgan fingerprint density at radius 1 is 1.59 bits per heavy atom. The highest BCUT2D eigenvalue weighted by molar-refractivity contribution is 7.18. The maximum absolute atomic E-state index is 11.7. The van der Waals surface area contributed by atoms with Gasteiger partial charge in [-0.25, -0.2) is 0 Å². The number of hydrogen-bond acceptors (Lipinski definition) is 4. The average Bonchev–Trinajstić information content (AvgIpc) is 2.88. The van der Waals surface area contributed by atoms with Crippen LogP contribution >= 0.6 is 11.3 Å². The minimum Gasteiger partial charge on any atom is -0.397 e. The number of anilines is 2. The molecule has 1 aliphatic carbocycles. The monoisotopic (exact) mass is 253 g/mol. The maximum atomic E-state index is 11.7. The lowest BCUT2D eigenvalue weighted by molar-refractivity contribution is 0.0960. The van der Waals surface area contributed by atoms with Crippen LogP contribution in [0.3, 0.4) is 0 Å². The van der Waals surface area contributed by atoms with Crippen LogP contribution in [0.4, 0.5) is 10.7 Å². The van der Waals surface area contributed by atoms with Gasteiger partial charge in [0.25, 0.3) is 5.91 Å². The summed E-state index contributed by atoms with van der Waals surface area (Å²) >= 11 is 1.43. The number of amides is 1. The lowest BCUT2D eigenvalue weighted by Crippen LogP contribution is -2.22. The molecule has 1 aromatic heterocycles. The van der Waals surface area contributed by atoms with Crippen molar-refractivity contribution in [2.75, 3.05) is 24.1 Å². The molecule has 0 spiro atoms. The number of thiophene rings is 1. The SMILES string of the molecule is CCNC(=O)c1sc(NCC2(C)CC2)cc1N.